The lowest BCUT2D eigenvalue weighted by atomic mass is 10.3. The number of aromatic nitrogens is 3. The van der Waals surface area contributed by atoms with Gasteiger partial charge in [-0.25, -0.2) is 19.3 Å². The van der Waals surface area contributed by atoms with Crippen LogP contribution in [0.25, 0.3) is 10.2 Å². The number of anilines is 1. The molecular weight excluding hydrogens is 299 g/mol. The molecule has 0 saturated heterocycles. The van der Waals surface area contributed by atoms with Gasteiger partial charge >= 0.3 is 0 Å². The highest BCUT2D eigenvalue weighted by molar-refractivity contribution is 7.18. The van der Waals surface area contributed by atoms with Gasteiger partial charge in [-0.3, -0.25) is 0 Å². The molecule has 1 aromatic carbocycles. The summed E-state index contributed by atoms with van der Waals surface area (Å²) in [6, 6.07) is 8.12. The summed E-state index contributed by atoms with van der Waals surface area (Å²) >= 11 is 1.71. The molecule has 0 saturated carbocycles. The lowest BCUT2D eigenvalue weighted by Crippen LogP contribution is -2.08. The normalized spacial score (nSPS) is 11.0. The highest BCUT2D eigenvalue weighted by atomic mass is 32.1. The Hall–Kier alpha value is -2.08. The van der Waals surface area contributed by atoms with Crippen molar-refractivity contribution >= 4 is 27.4 Å². The molecule has 3 aromatic rings. The molecule has 0 unspecified atom stereocenters. The molecule has 114 valence electrons. The van der Waals surface area contributed by atoms with E-state index in [1.54, 1.807) is 11.3 Å². The van der Waals surface area contributed by atoms with Gasteiger partial charge in [0.2, 0.25) is 0 Å². The van der Waals surface area contributed by atoms with Gasteiger partial charge in [0.05, 0.1) is 20.9 Å². The Balaban J connectivity index is 1.55. The summed E-state index contributed by atoms with van der Waals surface area (Å²) in [4.78, 5) is 12.5. The Morgan fingerprint density at radius 1 is 1.23 bits per heavy atom. The molecule has 0 fully saturated rings. The number of hydrogen-bond acceptors (Lipinski definition) is 5. The maximum atomic E-state index is 14.0. The molecule has 0 aliphatic rings. The monoisotopic (exact) mass is 316 g/mol. The predicted molar refractivity (Wildman–Crippen MR) is 87.8 cm³/mol. The number of thiazole rings is 1. The summed E-state index contributed by atoms with van der Waals surface area (Å²) in [6.45, 7) is 2.54. The van der Waals surface area contributed by atoms with E-state index in [0.717, 1.165) is 23.4 Å². The maximum Gasteiger partial charge on any atom is 0.186 e. The summed E-state index contributed by atoms with van der Waals surface area (Å²) < 4.78 is 15.2. The number of para-hydroxylation sites is 1. The molecule has 2 heterocycles. The molecule has 0 spiro atoms. The van der Waals surface area contributed by atoms with E-state index < -0.39 is 0 Å². The Kier molecular flexibility index (Phi) is 4.58. The largest absolute Gasteiger partial charge is 0.368 e. The molecule has 1 N–H and O–H groups in total. The number of nitrogens with one attached hydrogen (secondary N) is 1. The van der Waals surface area contributed by atoms with Crippen LogP contribution in [0.15, 0.2) is 30.6 Å². The molecule has 6 heteroatoms. The van der Waals surface area contributed by atoms with Crippen LogP contribution in [-0.2, 0) is 12.8 Å². The van der Waals surface area contributed by atoms with Crippen molar-refractivity contribution in [3.63, 3.8) is 0 Å². The van der Waals surface area contributed by atoms with Gasteiger partial charge in [-0.15, -0.1) is 11.3 Å². The fraction of sp³-hybridized carbons (Fsp3) is 0.312. The summed E-state index contributed by atoms with van der Waals surface area (Å²) in [5.74, 6) is -0.0545. The number of fused-ring (bicyclic) bond motifs is 1. The van der Waals surface area contributed by atoms with Crippen molar-refractivity contribution in [3.05, 3.63) is 47.1 Å². The molecule has 0 radical (unpaired) electrons. The van der Waals surface area contributed by atoms with E-state index in [1.165, 1.54) is 11.0 Å². The summed E-state index contributed by atoms with van der Waals surface area (Å²) in [6.07, 6.45) is 3.72. The number of rotatable bonds is 6. The second-order valence-electron chi connectivity index (χ2n) is 4.94. The molecular formula is C16H17FN4S. The van der Waals surface area contributed by atoms with Crippen molar-refractivity contribution in [2.24, 2.45) is 0 Å². The van der Waals surface area contributed by atoms with Crippen LogP contribution in [0.2, 0.25) is 0 Å². The Labute approximate surface area is 132 Å². The smallest absolute Gasteiger partial charge is 0.186 e. The molecule has 4 nitrogen and oxygen atoms in total. The van der Waals surface area contributed by atoms with Crippen LogP contribution in [0.3, 0.4) is 0 Å². The van der Waals surface area contributed by atoms with E-state index in [0.29, 0.717) is 18.7 Å². The topological polar surface area (TPSA) is 50.7 Å². The number of hydrogen-bond donors (Lipinski definition) is 1. The molecule has 0 atom stereocenters. The number of nitrogens with zero attached hydrogens (tertiary/aromatic N) is 3. The van der Waals surface area contributed by atoms with Crippen LogP contribution >= 0.6 is 11.3 Å². The molecule has 0 aliphatic carbocycles. The molecule has 22 heavy (non-hydrogen) atoms. The van der Waals surface area contributed by atoms with E-state index >= 15 is 0 Å². The lowest BCUT2D eigenvalue weighted by molar-refractivity contribution is 0.596. The highest BCUT2D eigenvalue weighted by Gasteiger charge is 2.09. The van der Waals surface area contributed by atoms with E-state index in [2.05, 4.69) is 26.3 Å². The summed E-state index contributed by atoms with van der Waals surface area (Å²) in [5.41, 5.74) is 1.49. The van der Waals surface area contributed by atoms with Gasteiger partial charge < -0.3 is 5.32 Å². The van der Waals surface area contributed by atoms with Crippen molar-refractivity contribution in [1.82, 2.24) is 15.0 Å². The quantitative estimate of drug-likeness (QED) is 0.702. The van der Waals surface area contributed by atoms with Crippen LogP contribution < -0.4 is 5.32 Å². The number of aryl methyl sites for hydroxylation is 2. The van der Waals surface area contributed by atoms with Gasteiger partial charge in [0.25, 0.3) is 0 Å². The van der Waals surface area contributed by atoms with Crippen molar-refractivity contribution < 1.29 is 4.39 Å². The average Bonchev–Trinajstić information content (AvgIpc) is 2.95. The third-order valence-electron chi connectivity index (χ3n) is 3.39. The zero-order valence-corrected chi connectivity index (χ0v) is 13.2. The van der Waals surface area contributed by atoms with Crippen LogP contribution in [0.5, 0.6) is 0 Å². The van der Waals surface area contributed by atoms with Gasteiger partial charge in [0.1, 0.15) is 6.33 Å². The van der Waals surface area contributed by atoms with Gasteiger partial charge in [-0.05, 0) is 25.0 Å². The van der Waals surface area contributed by atoms with Crippen LogP contribution in [0.1, 0.15) is 24.0 Å². The minimum atomic E-state index is -0.343. The SMILES string of the molecule is CCc1ncnc(NCCCc2nc3ccccc3s2)c1F. The van der Waals surface area contributed by atoms with E-state index in [9.17, 15) is 4.39 Å². The van der Waals surface area contributed by atoms with Crippen molar-refractivity contribution in [2.45, 2.75) is 26.2 Å². The molecule has 2 aromatic heterocycles. The Bertz CT molecular complexity index is 739. The van der Waals surface area contributed by atoms with Crippen LogP contribution in [0.4, 0.5) is 10.2 Å². The van der Waals surface area contributed by atoms with Crippen LogP contribution in [0, 0.1) is 5.82 Å². The van der Waals surface area contributed by atoms with Crippen molar-refractivity contribution in [2.75, 3.05) is 11.9 Å². The highest BCUT2D eigenvalue weighted by Crippen LogP contribution is 2.22. The first-order chi connectivity index (χ1) is 10.8. The lowest BCUT2D eigenvalue weighted by Gasteiger charge is -2.07. The predicted octanol–water partition coefficient (Wildman–Crippen LogP) is 3.83. The van der Waals surface area contributed by atoms with E-state index in [4.69, 9.17) is 0 Å². The van der Waals surface area contributed by atoms with Crippen molar-refractivity contribution in [3.8, 4) is 0 Å². The fourth-order valence-electron chi connectivity index (χ4n) is 2.25. The second kappa shape index (κ2) is 6.79. The minimum Gasteiger partial charge on any atom is -0.368 e. The zero-order chi connectivity index (χ0) is 15.4. The Morgan fingerprint density at radius 3 is 2.91 bits per heavy atom. The minimum absolute atomic E-state index is 0.288. The molecule has 3 rings (SSSR count). The van der Waals surface area contributed by atoms with Crippen molar-refractivity contribution in [1.29, 1.82) is 0 Å². The van der Waals surface area contributed by atoms with Gasteiger partial charge in [0, 0.05) is 13.0 Å². The van der Waals surface area contributed by atoms with Gasteiger partial charge in [-0.1, -0.05) is 19.1 Å². The molecule has 0 amide bonds. The third kappa shape index (κ3) is 3.22. The summed E-state index contributed by atoms with van der Waals surface area (Å²) in [5, 5.41) is 4.15. The van der Waals surface area contributed by atoms with Gasteiger partial charge in [0.15, 0.2) is 11.6 Å². The molecule has 0 bridgehead atoms. The van der Waals surface area contributed by atoms with Crippen LogP contribution in [-0.4, -0.2) is 21.5 Å². The standard InChI is InChI=1S/C16H17FN4S/c1-2-11-15(17)16(20-10-19-11)18-9-5-8-14-21-12-6-3-4-7-13(12)22-14/h3-4,6-7,10H,2,5,8-9H2,1H3,(H,18,19,20). The van der Waals surface area contributed by atoms with E-state index in [1.807, 2.05) is 25.1 Å². The second-order valence-corrected chi connectivity index (χ2v) is 6.06. The van der Waals surface area contributed by atoms with E-state index in [-0.39, 0.29) is 11.6 Å². The summed E-state index contributed by atoms with van der Waals surface area (Å²) in [7, 11) is 0. The first-order valence-corrected chi connectivity index (χ1v) is 8.17. The fourth-order valence-corrected chi connectivity index (χ4v) is 3.26. The number of halogens is 1. The first kappa shape index (κ1) is 14.8. The molecule has 0 aliphatic heterocycles. The average molecular weight is 316 g/mol. The zero-order valence-electron chi connectivity index (χ0n) is 12.3. The maximum absolute atomic E-state index is 14.0. The van der Waals surface area contributed by atoms with Gasteiger partial charge in [-0.2, -0.15) is 0 Å². The third-order valence-corrected chi connectivity index (χ3v) is 4.49. The Morgan fingerprint density at radius 2 is 2.09 bits per heavy atom. The number of benzene rings is 1. The first-order valence-electron chi connectivity index (χ1n) is 7.35.